The smallest absolute Gasteiger partial charge is 0.392 e. The second kappa shape index (κ2) is 4.53. The number of imide groups is 1. The van der Waals surface area contributed by atoms with E-state index >= 15 is 0 Å². The van der Waals surface area contributed by atoms with Crippen molar-refractivity contribution >= 4 is 28.0 Å². The van der Waals surface area contributed by atoms with Crippen molar-refractivity contribution in [3.63, 3.8) is 0 Å². The van der Waals surface area contributed by atoms with E-state index in [1.807, 2.05) is 0 Å². The second-order valence-electron chi connectivity index (χ2n) is 5.18. The van der Waals surface area contributed by atoms with Crippen molar-refractivity contribution in [1.29, 1.82) is 0 Å². The summed E-state index contributed by atoms with van der Waals surface area (Å²) in [5, 5.41) is 14.2. The lowest BCUT2D eigenvalue weighted by Gasteiger charge is -2.37. The van der Waals surface area contributed by atoms with E-state index in [1.165, 1.54) is 7.05 Å². The third-order valence-electron chi connectivity index (χ3n) is 3.54. The number of likely N-dealkylation sites (N-methyl/N-ethyl adjacent to an activating group) is 2. The fourth-order valence-corrected chi connectivity index (χ4v) is 2.76. The van der Waals surface area contributed by atoms with Crippen molar-refractivity contribution < 1.29 is 27.0 Å². The highest BCUT2D eigenvalue weighted by Crippen LogP contribution is 2.25. The first-order valence-corrected chi connectivity index (χ1v) is 7.33. The van der Waals surface area contributed by atoms with E-state index in [0.717, 1.165) is 19.4 Å². The number of hydrogen-bond donors (Lipinski definition) is 2. The lowest BCUT2D eigenvalue weighted by molar-refractivity contribution is -0.629. The minimum absolute atomic E-state index is 0.121. The number of aromatic hydroxyl groups is 1. The maximum Gasteiger partial charge on any atom is 0.392 e. The fraction of sp³-hybridized carbons (Fsp3) is 0.400. The molecule has 0 aliphatic carbocycles. The largest absolute Gasteiger partial charge is 0.505 e. The molecule has 21 heavy (non-hydrogen) atoms. The number of nitrogens with two attached hydrogens (primary N) is 1. The molecular weight excluding hydrogens is 302 g/mol. The van der Waals surface area contributed by atoms with Gasteiger partial charge in [-0.25, -0.2) is 14.1 Å². The van der Waals surface area contributed by atoms with Crippen molar-refractivity contribution in [1.82, 2.24) is 14.5 Å². The highest BCUT2D eigenvalue weighted by atomic mass is 32.2. The minimum Gasteiger partial charge on any atom is -0.505 e. The SMILES string of the molecule is C[N+]1(c2ncc(O)cn2)CC(=O)[N+](C)(S(N)(=O)=O)C(=O)C1. The summed E-state index contributed by atoms with van der Waals surface area (Å²) < 4.78 is 21.4. The Morgan fingerprint density at radius 2 is 1.57 bits per heavy atom. The van der Waals surface area contributed by atoms with Crippen molar-refractivity contribution in [2.45, 2.75) is 0 Å². The van der Waals surface area contributed by atoms with Crippen molar-refractivity contribution in [3.8, 4) is 5.75 Å². The predicted molar refractivity (Wildman–Crippen MR) is 70.5 cm³/mol. The molecular formula is C10H15N5O5S+2. The molecule has 1 aromatic heterocycles. The van der Waals surface area contributed by atoms with Gasteiger partial charge in [0.05, 0.1) is 19.4 Å². The first-order valence-electron chi connectivity index (χ1n) is 5.83. The first kappa shape index (κ1) is 15.4. The number of nitrogens with zero attached hydrogens (tertiary/aromatic N) is 4. The molecule has 1 fully saturated rings. The third-order valence-corrected chi connectivity index (χ3v) is 4.96. The molecule has 0 saturated carbocycles. The van der Waals surface area contributed by atoms with E-state index in [2.05, 4.69) is 9.97 Å². The molecule has 0 unspecified atom stereocenters. The lowest BCUT2D eigenvalue weighted by atomic mass is 10.2. The van der Waals surface area contributed by atoms with Crippen LogP contribution >= 0.6 is 0 Å². The van der Waals surface area contributed by atoms with Crippen LogP contribution in [0.2, 0.25) is 0 Å². The molecule has 0 bridgehead atoms. The number of rotatable bonds is 2. The summed E-state index contributed by atoms with van der Waals surface area (Å²) >= 11 is 0. The van der Waals surface area contributed by atoms with Gasteiger partial charge in [0.25, 0.3) is 0 Å². The maximum atomic E-state index is 12.2. The number of carbonyl (C=O) groups excluding carboxylic acids is 2. The van der Waals surface area contributed by atoms with Crippen LogP contribution < -0.4 is 9.62 Å². The Kier molecular flexibility index (Phi) is 3.33. The Bertz CT molecular complexity index is 696. The molecule has 0 atom stereocenters. The van der Waals surface area contributed by atoms with Gasteiger partial charge in [0.15, 0.2) is 5.75 Å². The molecule has 0 radical (unpaired) electrons. The van der Waals surface area contributed by atoms with Crippen LogP contribution in [-0.2, 0) is 19.8 Å². The zero-order chi connectivity index (χ0) is 16.1. The summed E-state index contributed by atoms with van der Waals surface area (Å²) in [6, 6.07) is 0. The number of quaternary nitrogens is 2. The molecule has 1 aromatic rings. The highest BCUT2D eigenvalue weighted by molar-refractivity contribution is 7.84. The molecule has 3 N–H and O–H groups in total. The summed E-state index contributed by atoms with van der Waals surface area (Å²) in [6.07, 6.45) is 2.26. The Morgan fingerprint density at radius 3 is 1.95 bits per heavy atom. The third kappa shape index (κ3) is 2.29. The molecule has 2 heterocycles. The van der Waals surface area contributed by atoms with Crippen LogP contribution in [0, 0.1) is 0 Å². The Morgan fingerprint density at radius 1 is 1.14 bits per heavy atom. The standard InChI is InChI=1S/C10H14N5O5S/c1-14(10-12-3-7(16)4-13-10)5-8(17)15(2,9(18)6-14)21(11,19)20/h3-4H,5-6H2,1-2H3,(H2-,11,16,19,20)/q+1/p+1. The molecule has 10 nitrogen and oxygen atoms in total. The van der Waals surface area contributed by atoms with Crippen LogP contribution in [0.25, 0.3) is 0 Å². The normalized spacial score (nSPS) is 30.4. The summed E-state index contributed by atoms with van der Waals surface area (Å²) in [7, 11) is -1.93. The summed E-state index contributed by atoms with van der Waals surface area (Å²) in [5.41, 5.74) is 0. The van der Waals surface area contributed by atoms with Crippen LogP contribution in [0.15, 0.2) is 12.4 Å². The van der Waals surface area contributed by atoms with Gasteiger partial charge in [0.2, 0.25) is 13.1 Å². The van der Waals surface area contributed by atoms with Gasteiger partial charge in [-0.05, 0) is 0 Å². The number of hydrogen-bond acceptors (Lipinski definition) is 7. The molecule has 11 heteroatoms. The molecule has 1 aliphatic rings. The second-order valence-corrected chi connectivity index (χ2v) is 6.94. The van der Waals surface area contributed by atoms with Crippen LogP contribution in [0.1, 0.15) is 0 Å². The molecule has 2 rings (SSSR count). The molecule has 1 aliphatic heterocycles. The van der Waals surface area contributed by atoms with Crippen LogP contribution in [-0.4, -0.2) is 66.4 Å². The topological polar surface area (TPSA) is 140 Å². The summed E-state index contributed by atoms with van der Waals surface area (Å²) in [5.74, 6) is -1.78. The minimum atomic E-state index is -4.42. The van der Waals surface area contributed by atoms with Crippen molar-refractivity contribution in [3.05, 3.63) is 12.4 Å². The Labute approximate surface area is 120 Å². The number of carbonyl (C=O) groups is 2. The monoisotopic (exact) mass is 317 g/mol. The highest BCUT2D eigenvalue weighted by Gasteiger charge is 2.60. The summed E-state index contributed by atoms with van der Waals surface area (Å²) in [6.45, 7) is -0.632. The quantitative estimate of drug-likeness (QED) is 0.467. The fourth-order valence-electron chi connectivity index (χ4n) is 2.08. The first-order chi connectivity index (χ1) is 9.50. The molecule has 0 spiro atoms. The zero-order valence-electron chi connectivity index (χ0n) is 11.4. The van der Waals surface area contributed by atoms with Gasteiger partial charge in [0.1, 0.15) is 7.05 Å². The molecule has 114 valence electrons. The van der Waals surface area contributed by atoms with Gasteiger partial charge in [-0.1, -0.05) is 3.89 Å². The Hall–Kier alpha value is -1.95. The predicted octanol–water partition coefficient (Wildman–Crippen LogP) is -2.16. The maximum absolute atomic E-state index is 12.2. The van der Waals surface area contributed by atoms with Crippen LogP contribution in [0.4, 0.5) is 5.95 Å². The molecule has 1 saturated heterocycles. The Balaban J connectivity index is 2.45. The zero-order valence-corrected chi connectivity index (χ0v) is 12.2. The van der Waals surface area contributed by atoms with Gasteiger partial charge in [-0.3, -0.25) is 0 Å². The average molecular weight is 317 g/mol. The van der Waals surface area contributed by atoms with Crippen LogP contribution in [0.5, 0.6) is 5.75 Å². The molecule has 0 aromatic carbocycles. The molecule has 2 amide bonds. The average Bonchev–Trinajstić information content (AvgIpc) is 2.35. The van der Waals surface area contributed by atoms with E-state index in [0.29, 0.717) is 0 Å². The van der Waals surface area contributed by atoms with Gasteiger partial charge in [-0.2, -0.15) is 23.5 Å². The van der Waals surface area contributed by atoms with E-state index in [9.17, 15) is 18.0 Å². The van der Waals surface area contributed by atoms with E-state index in [-0.39, 0.29) is 29.3 Å². The van der Waals surface area contributed by atoms with Crippen molar-refractivity contribution in [2.75, 3.05) is 27.2 Å². The van der Waals surface area contributed by atoms with E-state index < -0.39 is 25.9 Å². The number of aromatic nitrogens is 2. The summed E-state index contributed by atoms with van der Waals surface area (Å²) in [4.78, 5) is 32.1. The van der Waals surface area contributed by atoms with Crippen LogP contribution in [0.3, 0.4) is 0 Å². The van der Waals surface area contributed by atoms with Gasteiger partial charge >= 0.3 is 28.0 Å². The number of piperazine rings is 1. The number of amides is 2. The van der Waals surface area contributed by atoms with Gasteiger partial charge in [-0.15, -0.1) is 0 Å². The van der Waals surface area contributed by atoms with Crippen molar-refractivity contribution in [2.24, 2.45) is 5.14 Å². The van der Waals surface area contributed by atoms with Gasteiger partial charge in [0, 0.05) is 0 Å². The van der Waals surface area contributed by atoms with Gasteiger partial charge < -0.3 is 5.11 Å². The van der Waals surface area contributed by atoms with E-state index in [1.54, 1.807) is 0 Å². The lowest BCUT2D eigenvalue weighted by Crippen LogP contribution is -2.73. The van der Waals surface area contributed by atoms with E-state index in [4.69, 9.17) is 10.2 Å².